The number of ether oxygens (including phenoxy) is 1. The van der Waals surface area contributed by atoms with Gasteiger partial charge in [0.15, 0.2) is 0 Å². The molecule has 0 aliphatic rings. The highest BCUT2D eigenvalue weighted by Gasteiger charge is 2.07. The molecule has 0 unspecified atom stereocenters. The Morgan fingerprint density at radius 3 is 2.43 bits per heavy atom. The van der Waals surface area contributed by atoms with Crippen LogP contribution in [0.2, 0.25) is 0 Å². The molecule has 0 heterocycles. The number of rotatable bonds is 1. The molecular formula is C8H10N4O2. The molecule has 0 saturated carbocycles. The van der Waals surface area contributed by atoms with Gasteiger partial charge in [0.05, 0.1) is 11.4 Å². The van der Waals surface area contributed by atoms with Crippen LogP contribution >= 0.6 is 0 Å². The first-order valence-electron chi connectivity index (χ1n) is 3.72. The van der Waals surface area contributed by atoms with Gasteiger partial charge in [-0.2, -0.15) is 0 Å². The number of amides is 1. The maximum absolute atomic E-state index is 10.3. The average Bonchev–Trinajstić information content (AvgIpc) is 2.08. The predicted octanol–water partition coefficient (Wildman–Crippen LogP) is 0.272. The summed E-state index contributed by atoms with van der Waals surface area (Å²) in [5.41, 5.74) is 16.8. The number of hydrogen-bond donors (Lipinski definition) is 4. The third-order valence-corrected chi connectivity index (χ3v) is 1.55. The number of primary amides is 1. The molecule has 1 aromatic rings. The van der Waals surface area contributed by atoms with Crippen molar-refractivity contribution in [1.29, 1.82) is 5.41 Å². The molecule has 7 N–H and O–H groups in total. The fourth-order valence-electron chi connectivity index (χ4n) is 0.876. The zero-order valence-corrected chi connectivity index (χ0v) is 7.28. The second-order valence-corrected chi connectivity index (χ2v) is 2.59. The molecule has 0 atom stereocenters. The number of nitrogens with one attached hydrogen (secondary N) is 1. The van der Waals surface area contributed by atoms with Crippen LogP contribution < -0.4 is 17.2 Å². The summed E-state index contributed by atoms with van der Waals surface area (Å²) >= 11 is 0. The van der Waals surface area contributed by atoms with Crippen molar-refractivity contribution < 1.29 is 9.53 Å². The van der Waals surface area contributed by atoms with Crippen LogP contribution in [0, 0.1) is 5.41 Å². The Morgan fingerprint density at radius 1 is 1.29 bits per heavy atom. The molecule has 6 nitrogen and oxygen atoms in total. The van der Waals surface area contributed by atoms with E-state index in [0.29, 0.717) is 16.9 Å². The van der Waals surface area contributed by atoms with Crippen molar-refractivity contribution in [3.63, 3.8) is 0 Å². The highest BCUT2D eigenvalue weighted by molar-refractivity contribution is 5.99. The van der Waals surface area contributed by atoms with Crippen molar-refractivity contribution >= 4 is 23.4 Å². The maximum Gasteiger partial charge on any atom is 0.411 e. The normalized spacial score (nSPS) is 9.43. The molecule has 0 aliphatic heterocycles. The largest absolute Gasteiger partial charge is 0.411 e. The van der Waals surface area contributed by atoms with Crippen molar-refractivity contribution in [2.24, 2.45) is 5.73 Å². The van der Waals surface area contributed by atoms with Crippen LogP contribution in [0.25, 0.3) is 0 Å². The van der Waals surface area contributed by atoms with Gasteiger partial charge >= 0.3 is 6.09 Å². The molecule has 74 valence electrons. The molecule has 1 amide bonds. The Labute approximate surface area is 80.1 Å². The number of benzene rings is 1. The first-order chi connectivity index (χ1) is 6.50. The van der Waals surface area contributed by atoms with Gasteiger partial charge in [-0.1, -0.05) is 0 Å². The van der Waals surface area contributed by atoms with Gasteiger partial charge in [-0.15, -0.1) is 0 Å². The first kappa shape index (κ1) is 9.85. The summed E-state index contributed by atoms with van der Waals surface area (Å²) in [7, 11) is 0. The molecule has 0 fully saturated rings. The van der Waals surface area contributed by atoms with Crippen molar-refractivity contribution in [2.45, 2.75) is 0 Å². The van der Waals surface area contributed by atoms with E-state index < -0.39 is 6.09 Å². The summed E-state index contributed by atoms with van der Waals surface area (Å²) in [5.74, 6) is -0.357. The predicted molar refractivity (Wildman–Crippen MR) is 52.8 cm³/mol. The van der Waals surface area contributed by atoms with E-state index in [1.165, 1.54) is 18.2 Å². The molecule has 0 saturated heterocycles. The fraction of sp³-hybridized carbons (Fsp3) is 0. The van der Waals surface area contributed by atoms with Crippen molar-refractivity contribution in [2.75, 3.05) is 11.5 Å². The summed E-state index contributed by atoms with van der Waals surface area (Å²) in [6, 6.07) is 4.46. The summed E-state index contributed by atoms with van der Waals surface area (Å²) in [6.07, 6.45) is -1.04. The topological polar surface area (TPSA) is 128 Å². The van der Waals surface area contributed by atoms with Crippen molar-refractivity contribution in [1.82, 2.24) is 0 Å². The van der Waals surface area contributed by atoms with Crippen molar-refractivity contribution in [3.8, 4) is 0 Å². The SMILES string of the molecule is N=C(OC(N)=O)c1ccc(N)c(N)c1. The minimum atomic E-state index is -1.04. The fourth-order valence-corrected chi connectivity index (χ4v) is 0.876. The van der Waals surface area contributed by atoms with Crippen molar-refractivity contribution in [3.05, 3.63) is 23.8 Å². The monoisotopic (exact) mass is 194 g/mol. The van der Waals surface area contributed by atoms with Gasteiger partial charge in [0.25, 0.3) is 0 Å². The summed E-state index contributed by atoms with van der Waals surface area (Å²) in [5, 5.41) is 7.31. The standard InChI is InChI=1S/C8H10N4O2/c9-5-2-1-4(3-6(5)10)7(11)14-8(12)13/h1-3,11H,9-10H2,(H2,12,13). The zero-order chi connectivity index (χ0) is 10.7. The van der Waals surface area contributed by atoms with Gasteiger partial charge in [0.1, 0.15) is 0 Å². The molecule has 0 radical (unpaired) electrons. The molecule has 1 aromatic carbocycles. The first-order valence-corrected chi connectivity index (χ1v) is 3.72. The lowest BCUT2D eigenvalue weighted by atomic mass is 10.2. The number of carbonyl (C=O) groups excluding carboxylic acids is 1. The van der Waals surface area contributed by atoms with E-state index in [2.05, 4.69) is 4.74 Å². The van der Waals surface area contributed by atoms with Crippen LogP contribution in [0.4, 0.5) is 16.2 Å². The summed E-state index contributed by atoms with van der Waals surface area (Å²) in [6.45, 7) is 0. The Morgan fingerprint density at radius 2 is 1.93 bits per heavy atom. The molecule has 0 bridgehead atoms. The van der Waals surface area contributed by atoms with Crippen LogP contribution in [-0.4, -0.2) is 12.0 Å². The molecule has 0 spiro atoms. The van der Waals surface area contributed by atoms with E-state index in [0.717, 1.165) is 0 Å². The smallest absolute Gasteiger partial charge is 0.397 e. The average molecular weight is 194 g/mol. The highest BCUT2D eigenvalue weighted by atomic mass is 16.6. The van der Waals surface area contributed by atoms with E-state index in [1.54, 1.807) is 0 Å². The molecule has 6 heteroatoms. The summed E-state index contributed by atoms with van der Waals surface area (Å²) < 4.78 is 4.36. The third kappa shape index (κ3) is 2.13. The second kappa shape index (κ2) is 3.65. The Kier molecular flexibility index (Phi) is 2.57. The highest BCUT2D eigenvalue weighted by Crippen LogP contribution is 2.16. The molecule has 14 heavy (non-hydrogen) atoms. The number of nitrogens with two attached hydrogens (primary N) is 3. The maximum atomic E-state index is 10.3. The number of nitrogen functional groups attached to an aromatic ring is 2. The second-order valence-electron chi connectivity index (χ2n) is 2.59. The van der Waals surface area contributed by atoms with Crippen LogP contribution in [0.5, 0.6) is 0 Å². The molecule has 1 rings (SSSR count). The van der Waals surface area contributed by atoms with Gasteiger partial charge in [-0.05, 0) is 18.2 Å². The number of carbonyl (C=O) groups is 1. The lowest BCUT2D eigenvalue weighted by Crippen LogP contribution is -2.18. The zero-order valence-electron chi connectivity index (χ0n) is 7.28. The lowest BCUT2D eigenvalue weighted by molar-refractivity contribution is 0.208. The van der Waals surface area contributed by atoms with Gasteiger partial charge in [0.2, 0.25) is 5.90 Å². The lowest BCUT2D eigenvalue weighted by Gasteiger charge is -2.05. The van der Waals surface area contributed by atoms with Gasteiger partial charge in [0, 0.05) is 5.56 Å². The van der Waals surface area contributed by atoms with Crippen LogP contribution in [0.3, 0.4) is 0 Å². The minimum Gasteiger partial charge on any atom is -0.397 e. The molecule has 0 aromatic heterocycles. The van der Waals surface area contributed by atoms with E-state index >= 15 is 0 Å². The number of anilines is 2. The van der Waals surface area contributed by atoms with Gasteiger partial charge in [-0.3, -0.25) is 5.41 Å². The minimum absolute atomic E-state index is 0.320. The van der Waals surface area contributed by atoms with Crippen LogP contribution in [0.1, 0.15) is 5.56 Å². The molecule has 0 aliphatic carbocycles. The van der Waals surface area contributed by atoms with Gasteiger partial charge in [-0.25, -0.2) is 4.79 Å². The third-order valence-electron chi connectivity index (χ3n) is 1.55. The molecular weight excluding hydrogens is 184 g/mol. The Bertz CT molecular complexity index is 389. The Hall–Kier alpha value is -2.24. The van der Waals surface area contributed by atoms with E-state index in [9.17, 15) is 4.79 Å². The van der Waals surface area contributed by atoms with E-state index in [-0.39, 0.29) is 5.90 Å². The van der Waals surface area contributed by atoms with E-state index in [1.807, 2.05) is 0 Å². The van der Waals surface area contributed by atoms with E-state index in [4.69, 9.17) is 22.6 Å². The quantitative estimate of drug-likeness (QED) is 0.290. The Balaban J connectivity index is 2.91. The van der Waals surface area contributed by atoms with Crippen LogP contribution in [-0.2, 0) is 4.74 Å². The van der Waals surface area contributed by atoms with Crippen LogP contribution in [0.15, 0.2) is 18.2 Å². The summed E-state index contributed by atoms with van der Waals surface area (Å²) in [4.78, 5) is 10.3. The number of hydrogen-bond acceptors (Lipinski definition) is 5. The van der Waals surface area contributed by atoms with Gasteiger partial charge < -0.3 is 21.9 Å².